The number of hydrogen-bond acceptors (Lipinski definition) is 8. The van der Waals surface area contributed by atoms with Crippen LogP contribution in [-0.4, -0.2) is 105 Å². The zero-order chi connectivity index (χ0) is 36.1. The Morgan fingerprint density at radius 1 is 1.16 bits per heavy atom. The van der Waals surface area contributed by atoms with Crippen molar-refractivity contribution in [3.63, 3.8) is 0 Å². The van der Waals surface area contributed by atoms with Crippen molar-refractivity contribution in [2.24, 2.45) is 7.05 Å². The molecule has 0 aliphatic carbocycles. The fourth-order valence-corrected chi connectivity index (χ4v) is 7.55. The molecule has 0 N–H and O–H groups in total. The standard InChI is InChI=1S/C36H44BrFN8O4/c1-36(2,3)50-35(48)45-15-12-22(19-45)46-27(26-18-40-44(7)32(26)34(47)42(4)5)17-25-31(46)24-16-21(10-8-13-39)28(37)29(38)30(24)41-33(25)49-20-23-11-9-14-43(23)6/h16-18,22-23H,8-12,14-15,19-20H2,1-7H3. The van der Waals surface area contributed by atoms with Crippen molar-refractivity contribution < 1.29 is 23.5 Å². The second-order valence-corrected chi connectivity index (χ2v) is 15.3. The van der Waals surface area contributed by atoms with Gasteiger partial charge in [-0.15, -0.1) is 0 Å². The maximum absolute atomic E-state index is 16.4. The third kappa shape index (κ3) is 6.65. The predicted octanol–water partition coefficient (Wildman–Crippen LogP) is 6.30. The summed E-state index contributed by atoms with van der Waals surface area (Å²) >= 11 is 3.45. The van der Waals surface area contributed by atoms with Gasteiger partial charge in [-0.3, -0.25) is 9.48 Å². The Labute approximate surface area is 299 Å². The van der Waals surface area contributed by atoms with Crippen LogP contribution in [-0.2, 0) is 18.2 Å². The molecule has 0 bridgehead atoms. The second kappa shape index (κ2) is 13.8. The van der Waals surface area contributed by atoms with Crippen LogP contribution in [0.2, 0.25) is 0 Å². The first-order valence-corrected chi connectivity index (χ1v) is 17.8. The highest BCUT2D eigenvalue weighted by atomic mass is 79.9. The van der Waals surface area contributed by atoms with Crippen molar-refractivity contribution in [2.75, 3.05) is 47.4 Å². The molecule has 2 atom stereocenters. The highest BCUT2D eigenvalue weighted by Gasteiger charge is 2.35. The quantitative estimate of drug-likeness (QED) is 0.206. The second-order valence-electron chi connectivity index (χ2n) is 14.5. The summed E-state index contributed by atoms with van der Waals surface area (Å²) in [6, 6.07) is 5.92. The molecular weight excluding hydrogens is 707 g/mol. The predicted molar refractivity (Wildman–Crippen MR) is 192 cm³/mol. The van der Waals surface area contributed by atoms with E-state index >= 15 is 4.39 Å². The van der Waals surface area contributed by atoms with Gasteiger partial charge in [-0.25, -0.2) is 14.2 Å². The van der Waals surface area contributed by atoms with Gasteiger partial charge in [0.1, 0.15) is 23.4 Å². The van der Waals surface area contributed by atoms with Gasteiger partial charge in [0.25, 0.3) is 5.91 Å². The minimum Gasteiger partial charge on any atom is -0.476 e. The molecule has 1 aromatic carbocycles. The Bertz CT molecular complexity index is 2010. The van der Waals surface area contributed by atoms with Gasteiger partial charge in [0.15, 0.2) is 5.82 Å². The molecule has 14 heteroatoms. The lowest BCUT2D eigenvalue weighted by Gasteiger charge is -2.25. The summed E-state index contributed by atoms with van der Waals surface area (Å²) in [6.07, 6.45) is 4.44. The number of aromatic nitrogens is 4. The molecule has 2 fully saturated rings. The lowest BCUT2D eigenvalue weighted by Crippen LogP contribution is -2.35. The molecule has 0 saturated carbocycles. The summed E-state index contributed by atoms with van der Waals surface area (Å²) in [5.41, 5.74) is 2.43. The molecule has 4 aromatic rings. The van der Waals surface area contributed by atoms with Crippen LogP contribution in [0.25, 0.3) is 33.1 Å². The highest BCUT2D eigenvalue weighted by Crippen LogP contribution is 2.44. The van der Waals surface area contributed by atoms with Crippen molar-refractivity contribution >= 4 is 49.7 Å². The Hall–Kier alpha value is -4.22. The summed E-state index contributed by atoms with van der Waals surface area (Å²) in [5.74, 6) is -0.480. The molecule has 5 heterocycles. The van der Waals surface area contributed by atoms with Gasteiger partial charge in [0, 0.05) is 57.6 Å². The number of hydrogen-bond donors (Lipinski definition) is 0. The molecule has 0 spiro atoms. The molecule has 3 aromatic heterocycles. The van der Waals surface area contributed by atoms with Gasteiger partial charge in [0.2, 0.25) is 5.88 Å². The van der Waals surface area contributed by atoms with E-state index in [0.717, 1.165) is 19.4 Å². The van der Waals surface area contributed by atoms with Crippen molar-refractivity contribution in [2.45, 2.75) is 70.6 Å². The van der Waals surface area contributed by atoms with E-state index in [9.17, 15) is 14.9 Å². The summed E-state index contributed by atoms with van der Waals surface area (Å²) in [4.78, 5) is 37.1. The third-order valence-electron chi connectivity index (χ3n) is 9.59. The van der Waals surface area contributed by atoms with E-state index in [-0.39, 0.29) is 40.3 Å². The van der Waals surface area contributed by atoms with Gasteiger partial charge in [0.05, 0.1) is 39.4 Å². The maximum Gasteiger partial charge on any atom is 0.410 e. The largest absolute Gasteiger partial charge is 0.476 e. The number of rotatable bonds is 8. The fourth-order valence-electron chi connectivity index (χ4n) is 7.05. The fraction of sp³-hybridized carbons (Fsp3) is 0.528. The van der Waals surface area contributed by atoms with Crippen LogP contribution in [0.5, 0.6) is 5.88 Å². The number of pyridine rings is 1. The molecule has 2 saturated heterocycles. The number of ether oxygens (including phenoxy) is 2. The van der Waals surface area contributed by atoms with Gasteiger partial charge < -0.3 is 28.7 Å². The highest BCUT2D eigenvalue weighted by molar-refractivity contribution is 9.10. The molecule has 12 nitrogen and oxygen atoms in total. The molecule has 266 valence electrons. The van der Waals surface area contributed by atoms with Crippen LogP contribution in [0.1, 0.15) is 68.5 Å². The van der Waals surface area contributed by atoms with Gasteiger partial charge >= 0.3 is 6.09 Å². The first kappa shape index (κ1) is 35.6. The number of nitriles is 1. The lowest BCUT2D eigenvalue weighted by molar-refractivity contribution is 0.0289. The Balaban J connectivity index is 1.63. The average Bonchev–Trinajstić information content (AvgIpc) is 3.85. The van der Waals surface area contributed by atoms with Gasteiger partial charge in [-0.1, -0.05) is 0 Å². The summed E-state index contributed by atoms with van der Waals surface area (Å²) in [7, 11) is 7.18. The molecule has 2 aliphatic rings. The van der Waals surface area contributed by atoms with E-state index in [0.29, 0.717) is 71.3 Å². The number of fused-ring (bicyclic) bond motifs is 3. The minimum atomic E-state index is -0.663. The van der Waals surface area contributed by atoms with Gasteiger partial charge in [-0.2, -0.15) is 10.4 Å². The van der Waals surface area contributed by atoms with E-state index in [1.807, 2.05) is 32.9 Å². The number of likely N-dealkylation sites (tertiary alicyclic amines) is 2. The summed E-state index contributed by atoms with van der Waals surface area (Å²) in [6.45, 7) is 7.63. The van der Waals surface area contributed by atoms with E-state index in [4.69, 9.17) is 14.5 Å². The zero-order valence-corrected chi connectivity index (χ0v) is 31.3. The van der Waals surface area contributed by atoms with Crippen LogP contribution >= 0.6 is 15.9 Å². The van der Waals surface area contributed by atoms with Crippen LogP contribution in [0.4, 0.5) is 9.18 Å². The van der Waals surface area contributed by atoms with E-state index < -0.39 is 17.5 Å². The Morgan fingerprint density at radius 2 is 1.92 bits per heavy atom. The maximum atomic E-state index is 16.4. The number of amides is 2. The molecule has 0 radical (unpaired) electrons. The average molecular weight is 752 g/mol. The molecule has 6 rings (SSSR count). The number of aryl methyl sites for hydroxylation is 2. The number of benzene rings is 1. The first-order valence-electron chi connectivity index (χ1n) is 17.0. The van der Waals surface area contributed by atoms with E-state index in [1.165, 1.54) is 4.90 Å². The lowest BCUT2D eigenvalue weighted by atomic mass is 10.0. The number of carbonyl (C=O) groups is 2. The topological polar surface area (TPSA) is 122 Å². The smallest absolute Gasteiger partial charge is 0.410 e. The SMILES string of the molecule is CN(C)C(=O)c1c(-c2cc3c(OCC4CCCN4C)nc4c(F)c(Br)c(CCC#N)cc4c3n2C2CCN(C(=O)OC(C)(C)C)C2)cnn1C. The van der Waals surface area contributed by atoms with E-state index in [1.54, 1.807) is 36.9 Å². The summed E-state index contributed by atoms with van der Waals surface area (Å²) < 4.78 is 32.6. The van der Waals surface area contributed by atoms with Crippen molar-refractivity contribution in [3.8, 4) is 23.2 Å². The van der Waals surface area contributed by atoms with Crippen LogP contribution < -0.4 is 4.74 Å². The third-order valence-corrected chi connectivity index (χ3v) is 10.4. The molecule has 2 unspecified atom stereocenters. The minimum absolute atomic E-state index is 0.128. The molecule has 2 amide bonds. The van der Waals surface area contributed by atoms with Crippen molar-refractivity contribution in [1.29, 1.82) is 5.26 Å². The van der Waals surface area contributed by atoms with E-state index in [2.05, 4.69) is 43.6 Å². The number of halogens is 2. The molecular formula is C36H44BrFN8O4. The number of carbonyl (C=O) groups excluding carboxylic acids is 2. The monoisotopic (exact) mass is 750 g/mol. The van der Waals surface area contributed by atoms with Crippen molar-refractivity contribution in [3.05, 3.63) is 39.9 Å². The van der Waals surface area contributed by atoms with Gasteiger partial charge in [-0.05, 0) is 93.7 Å². The molecule has 2 aliphatic heterocycles. The number of nitrogens with zero attached hydrogens (tertiary/aromatic N) is 8. The Kier molecular flexibility index (Phi) is 9.85. The normalized spacial score (nSPS) is 18.3. The van der Waals surface area contributed by atoms with Crippen LogP contribution in [0.3, 0.4) is 0 Å². The first-order chi connectivity index (χ1) is 23.7. The number of likely N-dealkylation sites (N-methyl/N-ethyl adjacent to an activating group) is 1. The molecule has 50 heavy (non-hydrogen) atoms. The summed E-state index contributed by atoms with van der Waals surface area (Å²) in [5, 5.41) is 15.1. The van der Waals surface area contributed by atoms with Crippen molar-refractivity contribution in [1.82, 2.24) is 34.0 Å². The van der Waals surface area contributed by atoms with Crippen LogP contribution in [0, 0.1) is 17.1 Å². The Morgan fingerprint density at radius 3 is 2.58 bits per heavy atom. The van der Waals surface area contributed by atoms with Crippen LogP contribution in [0.15, 0.2) is 22.8 Å². The zero-order valence-electron chi connectivity index (χ0n) is 29.7.